The Bertz CT molecular complexity index is 958. The summed E-state index contributed by atoms with van der Waals surface area (Å²) in [7, 11) is 1.39. The molecule has 8 nitrogen and oxygen atoms in total. The minimum Gasteiger partial charge on any atom is -0.493 e. The van der Waals surface area contributed by atoms with E-state index in [1.54, 1.807) is 13.8 Å². The van der Waals surface area contributed by atoms with Crippen molar-refractivity contribution in [3.05, 3.63) is 48.3 Å². The van der Waals surface area contributed by atoms with Crippen molar-refractivity contribution < 1.29 is 33.3 Å². The van der Waals surface area contributed by atoms with Gasteiger partial charge in [-0.15, -0.1) is 0 Å². The number of aromatic nitrogens is 1. The summed E-state index contributed by atoms with van der Waals surface area (Å²) < 4.78 is 22.0. The Kier molecular flexibility index (Phi) is 9.39. The zero-order valence-corrected chi connectivity index (χ0v) is 19.9. The van der Waals surface area contributed by atoms with Gasteiger partial charge in [0, 0.05) is 25.6 Å². The number of carbonyl (C=O) groups excluding carboxylic acids is 3. The second kappa shape index (κ2) is 12.0. The number of hydrogen-bond donors (Lipinski definition) is 0. The van der Waals surface area contributed by atoms with Crippen LogP contribution in [0.1, 0.15) is 51.5 Å². The normalized spacial score (nSPS) is 13.5. The number of nitrogens with zero attached hydrogens (tertiary/aromatic N) is 1. The van der Waals surface area contributed by atoms with Gasteiger partial charge in [0.1, 0.15) is 18.0 Å². The maximum Gasteiger partial charge on any atom is 0.309 e. The SMILES string of the molecule is COc1ccnc(C(=O)C[C@@H](C)C(=O)O[C@@H](C)[C@H](Oc2ccccc2)C(C)C)c1OC(C)=O. The lowest BCUT2D eigenvalue weighted by atomic mass is 10.0. The van der Waals surface area contributed by atoms with Crippen LogP contribution in [0.4, 0.5) is 0 Å². The number of hydrogen-bond acceptors (Lipinski definition) is 8. The molecule has 1 aromatic heterocycles. The molecule has 0 bridgehead atoms. The number of carbonyl (C=O) groups is 3. The third kappa shape index (κ3) is 7.30. The summed E-state index contributed by atoms with van der Waals surface area (Å²) in [5.74, 6) is -1.47. The molecule has 0 aliphatic rings. The van der Waals surface area contributed by atoms with E-state index < -0.39 is 29.7 Å². The van der Waals surface area contributed by atoms with Crippen molar-refractivity contribution in [1.82, 2.24) is 4.98 Å². The zero-order valence-electron chi connectivity index (χ0n) is 19.9. The van der Waals surface area contributed by atoms with Crippen molar-refractivity contribution >= 4 is 17.7 Å². The Labute approximate surface area is 194 Å². The number of methoxy groups -OCH3 is 1. The van der Waals surface area contributed by atoms with Crippen molar-refractivity contribution in [3.63, 3.8) is 0 Å². The Morgan fingerprint density at radius 3 is 2.24 bits per heavy atom. The first-order chi connectivity index (χ1) is 15.6. The summed E-state index contributed by atoms with van der Waals surface area (Å²) >= 11 is 0. The average Bonchev–Trinajstić information content (AvgIpc) is 2.77. The largest absolute Gasteiger partial charge is 0.493 e. The highest BCUT2D eigenvalue weighted by atomic mass is 16.6. The molecule has 0 aliphatic carbocycles. The molecular formula is C25H31NO7. The molecule has 0 spiro atoms. The summed E-state index contributed by atoms with van der Waals surface area (Å²) in [5.41, 5.74) is -0.0790. The first kappa shape index (κ1) is 25.8. The van der Waals surface area contributed by atoms with E-state index in [1.165, 1.54) is 26.3 Å². The van der Waals surface area contributed by atoms with Crippen LogP contribution in [0, 0.1) is 11.8 Å². The maximum atomic E-state index is 12.9. The molecule has 2 rings (SSSR count). The molecule has 8 heteroatoms. The van der Waals surface area contributed by atoms with E-state index in [9.17, 15) is 14.4 Å². The van der Waals surface area contributed by atoms with Gasteiger partial charge in [-0.2, -0.15) is 0 Å². The van der Waals surface area contributed by atoms with Gasteiger partial charge in [0.05, 0.1) is 13.0 Å². The number of Topliss-reactive ketones (excluding diaryl/α,β-unsaturated/α-hetero) is 1. The highest BCUT2D eigenvalue weighted by Gasteiger charge is 2.30. The van der Waals surface area contributed by atoms with Gasteiger partial charge in [-0.1, -0.05) is 39.0 Å². The van der Waals surface area contributed by atoms with E-state index in [1.807, 2.05) is 44.2 Å². The van der Waals surface area contributed by atoms with Gasteiger partial charge in [0.2, 0.25) is 5.75 Å². The standard InChI is InChI=1S/C25H31NO7/c1-15(2)23(33-19-10-8-7-9-11-19)17(4)31-25(29)16(3)14-20(28)22-24(32-18(5)27)21(30-6)12-13-26-22/h7-13,15-17,23H,14H2,1-6H3/t16-,17+,23-/m1/s1. The van der Waals surface area contributed by atoms with Crippen LogP contribution < -0.4 is 14.2 Å². The molecule has 2 aromatic rings. The minimum absolute atomic E-state index is 0.0671. The topological polar surface area (TPSA) is 101 Å². The molecule has 1 heterocycles. The lowest BCUT2D eigenvalue weighted by molar-refractivity contribution is -0.158. The summed E-state index contributed by atoms with van der Waals surface area (Å²) in [6.45, 7) is 8.54. The summed E-state index contributed by atoms with van der Waals surface area (Å²) in [4.78, 5) is 41.1. The molecule has 0 N–H and O–H groups in total. The minimum atomic E-state index is -0.748. The first-order valence-corrected chi connectivity index (χ1v) is 10.8. The second-order valence-electron chi connectivity index (χ2n) is 8.09. The Morgan fingerprint density at radius 2 is 1.67 bits per heavy atom. The van der Waals surface area contributed by atoms with Gasteiger partial charge in [-0.05, 0) is 25.0 Å². The third-order valence-electron chi connectivity index (χ3n) is 4.93. The van der Waals surface area contributed by atoms with Gasteiger partial charge in [0.15, 0.2) is 17.2 Å². The van der Waals surface area contributed by atoms with E-state index in [0.717, 1.165) is 0 Å². The van der Waals surface area contributed by atoms with Gasteiger partial charge in [-0.3, -0.25) is 14.4 Å². The first-order valence-electron chi connectivity index (χ1n) is 10.8. The molecule has 1 aromatic carbocycles. The summed E-state index contributed by atoms with van der Waals surface area (Å²) in [5, 5.41) is 0. The predicted octanol–water partition coefficient (Wildman–Crippen LogP) is 4.26. The fourth-order valence-electron chi connectivity index (χ4n) is 3.29. The molecule has 0 amide bonds. The van der Waals surface area contributed by atoms with Crippen LogP contribution >= 0.6 is 0 Å². The monoisotopic (exact) mass is 457 g/mol. The fourth-order valence-corrected chi connectivity index (χ4v) is 3.29. The molecule has 0 fully saturated rings. The summed E-state index contributed by atoms with van der Waals surface area (Å²) in [6.07, 6.45) is 0.293. The smallest absolute Gasteiger partial charge is 0.309 e. The van der Waals surface area contributed by atoms with E-state index in [0.29, 0.717) is 5.75 Å². The lowest BCUT2D eigenvalue weighted by Gasteiger charge is -2.29. The van der Waals surface area contributed by atoms with Crippen molar-refractivity contribution in [2.45, 2.75) is 53.2 Å². The van der Waals surface area contributed by atoms with Gasteiger partial charge in [-0.25, -0.2) is 4.98 Å². The van der Waals surface area contributed by atoms with Crippen LogP contribution in [0.5, 0.6) is 17.2 Å². The van der Waals surface area contributed by atoms with E-state index in [2.05, 4.69) is 4.98 Å². The van der Waals surface area contributed by atoms with Gasteiger partial charge < -0.3 is 18.9 Å². The Balaban J connectivity index is 2.07. The second-order valence-corrected chi connectivity index (χ2v) is 8.09. The quantitative estimate of drug-likeness (QED) is 0.364. The van der Waals surface area contributed by atoms with Crippen molar-refractivity contribution in [2.24, 2.45) is 11.8 Å². The Hall–Kier alpha value is -3.42. The van der Waals surface area contributed by atoms with Crippen molar-refractivity contribution in [2.75, 3.05) is 7.11 Å². The molecule has 0 unspecified atom stereocenters. The van der Waals surface area contributed by atoms with Crippen LogP contribution in [0.3, 0.4) is 0 Å². The van der Waals surface area contributed by atoms with Crippen molar-refractivity contribution in [1.29, 1.82) is 0 Å². The number of para-hydroxylation sites is 1. The number of rotatable bonds is 11. The fraction of sp³-hybridized carbons (Fsp3) is 0.440. The molecule has 178 valence electrons. The van der Waals surface area contributed by atoms with Crippen LogP contribution in [0.25, 0.3) is 0 Å². The van der Waals surface area contributed by atoms with E-state index in [4.69, 9.17) is 18.9 Å². The average molecular weight is 458 g/mol. The van der Waals surface area contributed by atoms with Crippen LogP contribution in [-0.4, -0.2) is 42.0 Å². The van der Waals surface area contributed by atoms with Gasteiger partial charge in [0.25, 0.3) is 0 Å². The van der Waals surface area contributed by atoms with Crippen LogP contribution in [0.2, 0.25) is 0 Å². The molecule has 33 heavy (non-hydrogen) atoms. The van der Waals surface area contributed by atoms with Crippen LogP contribution in [-0.2, 0) is 14.3 Å². The molecule has 3 atom stereocenters. The third-order valence-corrected chi connectivity index (χ3v) is 4.93. The molecule has 0 saturated carbocycles. The number of benzene rings is 1. The summed E-state index contributed by atoms with van der Waals surface area (Å²) in [6, 6.07) is 10.8. The Morgan fingerprint density at radius 1 is 1.00 bits per heavy atom. The number of ether oxygens (including phenoxy) is 4. The molecule has 0 radical (unpaired) electrons. The number of esters is 2. The van der Waals surface area contributed by atoms with Crippen LogP contribution in [0.15, 0.2) is 42.6 Å². The molecule has 0 aliphatic heterocycles. The zero-order chi connectivity index (χ0) is 24.5. The number of ketones is 1. The number of pyridine rings is 1. The predicted molar refractivity (Wildman–Crippen MR) is 121 cm³/mol. The van der Waals surface area contributed by atoms with Crippen molar-refractivity contribution in [3.8, 4) is 17.2 Å². The highest BCUT2D eigenvalue weighted by Crippen LogP contribution is 2.31. The van der Waals surface area contributed by atoms with Gasteiger partial charge >= 0.3 is 11.9 Å². The highest BCUT2D eigenvalue weighted by molar-refractivity contribution is 5.99. The molecule has 0 saturated heterocycles. The van der Waals surface area contributed by atoms with E-state index in [-0.39, 0.29) is 35.6 Å². The lowest BCUT2D eigenvalue weighted by Crippen LogP contribution is -2.38. The maximum absolute atomic E-state index is 12.9. The molecular weight excluding hydrogens is 426 g/mol. The van der Waals surface area contributed by atoms with E-state index >= 15 is 0 Å².